The second kappa shape index (κ2) is 12.4. The van der Waals surface area contributed by atoms with Crippen LogP contribution in [0.15, 0.2) is 72.3 Å². The Hall–Kier alpha value is -4.39. The molecule has 39 heavy (non-hydrogen) atoms. The Morgan fingerprint density at radius 2 is 1.74 bits per heavy atom. The first-order valence-electron chi connectivity index (χ1n) is 11.8. The van der Waals surface area contributed by atoms with Gasteiger partial charge < -0.3 is 19.5 Å². The monoisotopic (exact) mass is 641 g/mol. The summed E-state index contributed by atoms with van der Waals surface area (Å²) in [6, 6.07) is 17.7. The summed E-state index contributed by atoms with van der Waals surface area (Å²) in [6.45, 7) is 1.84. The number of barbiturate groups is 1. The van der Waals surface area contributed by atoms with E-state index in [0.29, 0.717) is 38.7 Å². The van der Waals surface area contributed by atoms with E-state index < -0.39 is 17.8 Å². The number of anilines is 2. The number of halogens is 1. The molecular formula is C28H24IN3O7. The van der Waals surface area contributed by atoms with Gasteiger partial charge in [-0.25, -0.2) is 9.69 Å². The highest BCUT2D eigenvalue weighted by molar-refractivity contribution is 14.1. The van der Waals surface area contributed by atoms with Gasteiger partial charge in [-0.3, -0.25) is 19.7 Å². The van der Waals surface area contributed by atoms with Gasteiger partial charge in [-0.05, 0) is 89.7 Å². The molecule has 0 atom stereocenters. The number of para-hydroxylation sites is 1. The van der Waals surface area contributed by atoms with Crippen LogP contribution in [0.2, 0.25) is 0 Å². The van der Waals surface area contributed by atoms with E-state index in [4.69, 9.17) is 14.2 Å². The van der Waals surface area contributed by atoms with E-state index in [1.54, 1.807) is 55.5 Å². The van der Waals surface area contributed by atoms with Crippen LogP contribution in [0.4, 0.5) is 16.2 Å². The van der Waals surface area contributed by atoms with Crippen molar-refractivity contribution in [3.05, 3.63) is 81.4 Å². The number of amides is 5. The third-order valence-corrected chi connectivity index (χ3v) is 6.28. The first kappa shape index (κ1) is 27.6. The van der Waals surface area contributed by atoms with E-state index in [0.717, 1.165) is 4.90 Å². The summed E-state index contributed by atoms with van der Waals surface area (Å²) in [4.78, 5) is 51.6. The Labute approximate surface area is 238 Å². The normalized spacial score (nSPS) is 14.2. The molecule has 3 aromatic rings. The third-order valence-electron chi connectivity index (χ3n) is 5.48. The van der Waals surface area contributed by atoms with Crippen molar-refractivity contribution in [2.75, 3.05) is 30.5 Å². The van der Waals surface area contributed by atoms with Crippen molar-refractivity contribution in [2.24, 2.45) is 0 Å². The molecule has 5 amide bonds. The second-order valence-electron chi connectivity index (χ2n) is 8.12. The van der Waals surface area contributed by atoms with Gasteiger partial charge in [0.1, 0.15) is 11.3 Å². The molecule has 0 radical (unpaired) electrons. The number of methoxy groups -OCH3 is 1. The molecule has 0 aromatic heterocycles. The van der Waals surface area contributed by atoms with E-state index in [1.807, 2.05) is 40.8 Å². The first-order valence-corrected chi connectivity index (χ1v) is 12.9. The number of urea groups is 1. The number of imide groups is 2. The molecule has 0 aliphatic carbocycles. The van der Waals surface area contributed by atoms with Crippen LogP contribution < -0.4 is 29.7 Å². The topological polar surface area (TPSA) is 123 Å². The van der Waals surface area contributed by atoms with Crippen LogP contribution in [0.1, 0.15) is 12.5 Å². The van der Waals surface area contributed by atoms with Crippen LogP contribution in [0.3, 0.4) is 0 Å². The summed E-state index contributed by atoms with van der Waals surface area (Å²) in [7, 11) is 1.50. The number of hydrogen-bond acceptors (Lipinski definition) is 7. The zero-order valence-electron chi connectivity index (χ0n) is 21.0. The van der Waals surface area contributed by atoms with Crippen LogP contribution in [-0.2, 0) is 14.4 Å². The van der Waals surface area contributed by atoms with E-state index in [1.165, 1.54) is 13.2 Å². The van der Waals surface area contributed by atoms with Gasteiger partial charge >= 0.3 is 6.03 Å². The number of nitrogens with zero attached hydrogens (tertiary/aromatic N) is 1. The quantitative estimate of drug-likeness (QED) is 0.202. The molecule has 0 unspecified atom stereocenters. The molecular weight excluding hydrogens is 617 g/mol. The number of carbonyl (C=O) groups is 4. The largest absolute Gasteiger partial charge is 0.497 e. The van der Waals surface area contributed by atoms with Crippen molar-refractivity contribution >= 4 is 63.8 Å². The van der Waals surface area contributed by atoms with Gasteiger partial charge in [0.05, 0.1) is 23.0 Å². The first-order chi connectivity index (χ1) is 18.8. The summed E-state index contributed by atoms with van der Waals surface area (Å²) in [5.41, 5.74) is 1.15. The summed E-state index contributed by atoms with van der Waals surface area (Å²) in [5.74, 6) is -0.722. The Balaban J connectivity index is 1.58. The molecule has 4 rings (SSSR count). The van der Waals surface area contributed by atoms with Crippen molar-refractivity contribution in [1.82, 2.24) is 5.32 Å². The van der Waals surface area contributed by atoms with Gasteiger partial charge in [-0.1, -0.05) is 18.2 Å². The van der Waals surface area contributed by atoms with E-state index in [9.17, 15) is 19.2 Å². The lowest BCUT2D eigenvalue weighted by molar-refractivity contribution is -0.122. The van der Waals surface area contributed by atoms with Crippen molar-refractivity contribution < 1.29 is 33.4 Å². The van der Waals surface area contributed by atoms with E-state index in [-0.39, 0.29) is 23.8 Å². The molecule has 0 bridgehead atoms. The van der Waals surface area contributed by atoms with Crippen LogP contribution in [-0.4, -0.2) is 44.1 Å². The molecule has 10 nitrogen and oxygen atoms in total. The van der Waals surface area contributed by atoms with Crippen LogP contribution in [0.5, 0.6) is 17.2 Å². The van der Waals surface area contributed by atoms with Gasteiger partial charge in [0.2, 0.25) is 0 Å². The molecule has 1 fully saturated rings. The molecule has 200 valence electrons. The molecule has 3 aromatic carbocycles. The third kappa shape index (κ3) is 6.55. The van der Waals surface area contributed by atoms with E-state index >= 15 is 0 Å². The highest BCUT2D eigenvalue weighted by Gasteiger charge is 2.37. The summed E-state index contributed by atoms with van der Waals surface area (Å²) < 4.78 is 17.2. The minimum atomic E-state index is -0.852. The van der Waals surface area contributed by atoms with Crippen molar-refractivity contribution in [3.8, 4) is 17.2 Å². The number of carbonyl (C=O) groups excluding carboxylic acids is 4. The van der Waals surface area contributed by atoms with Gasteiger partial charge in [0.25, 0.3) is 17.7 Å². The molecule has 1 saturated heterocycles. The van der Waals surface area contributed by atoms with Gasteiger partial charge in [-0.2, -0.15) is 0 Å². The van der Waals surface area contributed by atoms with Crippen LogP contribution >= 0.6 is 22.6 Å². The number of rotatable bonds is 9. The Morgan fingerprint density at radius 1 is 1.03 bits per heavy atom. The number of benzene rings is 3. The minimum Gasteiger partial charge on any atom is -0.497 e. The predicted molar refractivity (Wildman–Crippen MR) is 153 cm³/mol. The molecule has 2 N–H and O–H groups in total. The highest BCUT2D eigenvalue weighted by atomic mass is 127. The zero-order valence-corrected chi connectivity index (χ0v) is 23.2. The SMILES string of the molecule is CCOc1cc(/C=C2\C(=O)NC(=O)N(c3ccc(OC)cc3)C2=O)cc(I)c1OCC(=O)Nc1ccccc1. The average Bonchev–Trinajstić information content (AvgIpc) is 2.91. The smallest absolute Gasteiger partial charge is 0.335 e. The maximum atomic E-state index is 13.2. The molecule has 11 heteroatoms. The minimum absolute atomic E-state index is 0.237. The summed E-state index contributed by atoms with van der Waals surface area (Å²) in [5, 5.41) is 4.95. The zero-order chi connectivity index (χ0) is 27.9. The van der Waals surface area contributed by atoms with Crippen molar-refractivity contribution in [1.29, 1.82) is 0 Å². The van der Waals surface area contributed by atoms with Crippen molar-refractivity contribution in [3.63, 3.8) is 0 Å². The second-order valence-corrected chi connectivity index (χ2v) is 9.28. The standard InChI is InChI=1S/C28H24IN3O7/c1-3-38-23-15-17(14-22(29)25(23)39-16-24(33)30-18-7-5-4-6-8-18)13-21-26(34)31-28(36)32(27(21)35)19-9-11-20(37-2)12-10-19/h4-15H,3,16H2,1-2H3,(H,30,33)(H,31,34,36)/b21-13+. The number of ether oxygens (including phenoxy) is 3. The fourth-order valence-electron chi connectivity index (χ4n) is 3.72. The lowest BCUT2D eigenvalue weighted by atomic mass is 10.1. The van der Waals surface area contributed by atoms with Crippen molar-refractivity contribution in [2.45, 2.75) is 6.92 Å². The molecule has 0 saturated carbocycles. The molecule has 1 heterocycles. The average molecular weight is 641 g/mol. The maximum absolute atomic E-state index is 13.2. The Bertz CT molecular complexity index is 1440. The highest BCUT2D eigenvalue weighted by Crippen LogP contribution is 2.35. The number of hydrogen-bond donors (Lipinski definition) is 2. The number of nitrogens with one attached hydrogen (secondary N) is 2. The molecule has 0 spiro atoms. The lowest BCUT2D eigenvalue weighted by Gasteiger charge is -2.26. The maximum Gasteiger partial charge on any atom is 0.335 e. The summed E-state index contributed by atoms with van der Waals surface area (Å²) >= 11 is 2.02. The fourth-order valence-corrected chi connectivity index (χ4v) is 4.50. The molecule has 1 aliphatic rings. The van der Waals surface area contributed by atoms with E-state index in [2.05, 4.69) is 10.6 Å². The Morgan fingerprint density at radius 3 is 2.41 bits per heavy atom. The van der Waals surface area contributed by atoms with Gasteiger partial charge in [-0.15, -0.1) is 0 Å². The van der Waals surface area contributed by atoms with Gasteiger partial charge in [0, 0.05) is 5.69 Å². The lowest BCUT2D eigenvalue weighted by Crippen LogP contribution is -2.54. The molecule has 1 aliphatic heterocycles. The predicted octanol–water partition coefficient (Wildman–Crippen LogP) is 4.38. The van der Waals surface area contributed by atoms with Crippen LogP contribution in [0, 0.1) is 3.57 Å². The fraction of sp³-hybridized carbons (Fsp3) is 0.143. The Kier molecular flexibility index (Phi) is 8.81. The summed E-state index contributed by atoms with van der Waals surface area (Å²) in [6.07, 6.45) is 1.37. The van der Waals surface area contributed by atoms with Crippen LogP contribution in [0.25, 0.3) is 6.08 Å². The van der Waals surface area contributed by atoms with Gasteiger partial charge in [0.15, 0.2) is 18.1 Å².